The first-order chi connectivity index (χ1) is 6.59. The minimum Gasteiger partial charge on any atom is -0.396 e. The van der Waals surface area contributed by atoms with E-state index >= 15 is 0 Å². The number of rotatable bonds is 4. The molecule has 1 atom stereocenters. The molecule has 1 fully saturated rings. The van der Waals surface area contributed by atoms with Crippen molar-refractivity contribution in [3.05, 3.63) is 0 Å². The molecular weight excluding hydrogens is 180 g/mol. The van der Waals surface area contributed by atoms with Crippen LogP contribution in [0.2, 0.25) is 0 Å². The summed E-state index contributed by atoms with van der Waals surface area (Å²) < 4.78 is 0. The third-order valence-electron chi connectivity index (χ3n) is 3.05. The molecule has 0 radical (unpaired) electrons. The van der Waals surface area contributed by atoms with Crippen LogP contribution >= 0.6 is 0 Å². The number of hydrogen-bond donors (Lipinski definition) is 3. The fourth-order valence-corrected chi connectivity index (χ4v) is 1.95. The van der Waals surface area contributed by atoms with Gasteiger partial charge in [-0.1, -0.05) is 12.8 Å². The highest BCUT2D eigenvalue weighted by molar-refractivity contribution is 5.80. The second-order valence-corrected chi connectivity index (χ2v) is 4.37. The van der Waals surface area contributed by atoms with E-state index in [-0.39, 0.29) is 17.9 Å². The van der Waals surface area contributed by atoms with Gasteiger partial charge < -0.3 is 16.2 Å². The SMILES string of the molecule is C[C@H](N)C(=O)NCC1(CO)CCCC1. The van der Waals surface area contributed by atoms with Gasteiger partial charge >= 0.3 is 0 Å². The molecule has 1 amide bonds. The lowest BCUT2D eigenvalue weighted by Gasteiger charge is -2.26. The van der Waals surface area contributed by atoms with Gasteiger partial charge in [0.1, 0.15) is 0 Å². The Morgan fingerprint density at radius 1 is 1.57 bits per heavy atom. The molecule has 0 unspecified atom stereocenters. The van der Waals surface area contributed by atoms with Gasteiger partial charge in [0.05, 0.1) is 12.6 Å². The highest BCUT2D eigenvalue weighted by Gasteiger charge is 2.33. The molecule has 0 aliphatic heterocycles. The molecule has 0 saturated heterocycles. The summed E-state index contributed by atoms with van der Waals surface area (Å²) >= 11 is 0. The highest BCUT2D eigenvalue weighted by Crippen LogP contribution is 2.36. The number of aliphatic hydroxyl groups is 1. The molecule has 14 heavy (non-hydrogen) atoms. The number of aliphatic hydroxyl groups excluding tert-OH is 1. The molecule has 0 heterocycles. The van der Waals surface area contributed by atoms with E-state index in [9.17, 15) is 9.90 Å². The zero-order chi connectivity index (χ0) is 10.6. The van der Waals surface area contributed by atoms with Crippen LogP contribution in [0, 0.1) is 5.41 Å². The highest BCUT2D eigenvalue weighted by atomic mass is 16.3. The van der Waals surface area contributed by atoms with E-state index in [4.69, 9.17) is 5.73 Å². The standard InChI is InChI=1S/C10H20N2O2/c1-8(11)9(14)12-6-10(7-13)4-2-3-5-10/h8,13H,2-7,11H2,1H3,(H,12,14)/t8-/m0/s1. The average Bonchev–Trinajstić information content (AvgIpc) is 2.63. The van der Waals surface area contributed by atoms with E-state index in [1.807, 2.05) is 0 Å². The number of nitrogens with two attached hydrogens (primary N) is 1. The van der Waals surface area contributed by atoms with Crippen molar-refractivity contribution in [2.45, 2.75) is 38.6 Å². The lowest BCUT2D eigenvalue weighted by Crippen LogP contribution is -2.44. The van der Waals surface area contributed by atoms with Crippen LogP contribution in [0.4, 0.5) is 0 Å². The van der Waals surface area contributed by atoms with Gasteiger partial charge in [-0.05, 0) is 19.8 Å². The number of carbonyl (C=O) groups excluding carboxylic acids is 1. The predicted octanol–water partition coefficient (Wildman–Crippen LogP) is 0.00250. The summed E-state index contributed by atoms with van der Waals surface area (Å²) in [6.07, 6.45) is 4.30. The van der Waals surface area contributed by atoms with Crippen molar-refractivity contribution in [3.63, 3.8) is 0 Å². The van der Waals surface area contributed by atoms with Crippen molar-refractivity contribution in [2.75, 3.05) is 13.2 Å². The second kappa shape index (κ2) is 4.75. The molecule has 0 bridgehead atoms. The molecule has 4 nitrogen and oxygen atoms in total. The second-order valence-electron chi connectivity index (χ2n) is 4.37. The lowest BCUT2D eigenvalue weighted by atomic mass is 9.87. The zero-order valence-electron chi connectivity index (χ0n) is 8.75. The van der Waals surface area contributed by atoms with Crippen LogP contribution in [0.1, 0.15) is 32.6 Å². The van der Waals surface area contributed by atoms with E-state index in [0.29, 0.717) is 6.54 Å². The smallest absolute Gasteiger partial charge is 0.236 e. The Morgan fingerprint density at radius 2 is 2.14 bits per heavy atom. The Kier molecular flexibility index (Phi) is 3.89. The van der Waals surface area contributed by atoms with Crippen LogP contribution in [-0.4, -0.2) is 30.2 Å². The van der Waals surface area contributed by atoms with Crippen molar-refractivity contribution in [1.29, 1.82) is 0 Å². The molecular formula is C10H20N2O2. The maximum Gasteiger partial charge on any atom is 0.236 e. The molecule has 1 aliphatic rings. The normalized spacial score (nSPS) is 21.9. The maximum absolute atomic E-state index is 11.2. The summed E-state index contributed by atoms with van der Waals surface area (Å²) in [4.78, 5) is 11.2. The predicted molar refractivity (Wildman–Crippen MR) is 54.6 cm³/mol. The topological polar surface area (TPSA) is 75.4 Å². The monoisotopic (exact) mass is 200 g/mol. The minimum atomic E-state index is -0.466. The van der Waals surface area contributed by atoms with Crippen LogP contribution in [0.15, 0.2) is 0 Å². The molecule has 1 aliphatic carbocycles. The fourth-order valence-electron chi connectivity index (χ4n) is 1.95. The van der Waals surface area contributed by atoms with Crippen molar-refractivity contribution in [1.82, 2.24) is 5.32 Å². The lowest BCUT2D eigenvalue weighted by molar-refractivity contribution is -0.122. The van der Waals surface area contributed by atoms with E-state index in [2.05, 4.69) is 5.32 Å². The molecule has 4 N–H and O–H groups in total. The van der Waals surface area contributed by atoms with Crippen LogP contribution in [0.25, 0.3) is 0 Å². The average molecular weight is 200 g/mol. The van der Waals surface area contributed by atoms with E-state index in [1.165, 1.54) is 0 Å². The zero-order valence-corrected chi connectivity index (χ0v) is 8.75. The van der Waals surface area contributed by atoms with Crippen LogP contribution in [0.3, 0.4) is 0 Å². The Hall–Kier alpha value is -0.610. The summed E-state index contributed by atoms with van der Waals surface area (Å²) in [6.45, 7) is 2.38. The molecule has 4 heteroatoms. The quantitative estimate of drug-likeness (QED) is 0.598. The first-order valence-corrected chi connectivity index (χ1v) is 5.24. The van der Waals surface area contributed by atoms with E-state index in [0.717, 1.165) is 25.7 Å². The van der Waals surface area contributed by atoms with Gasteiger partial charge in [0.25, 0.3) is 0 Å². The Balaban J connectivity index is 2.38. The number of hydrogen-bond acceptors (Lipinski definition) is 3. The summed E-state index contributed by atoms with van der Waals surface area (Å²) in [5, 5.41) is 12.1. The third-order valence-corrected chi connectivity index (χ3v) is 3.05. The van der Waals surface area contributed by atoms with Gasteiger partial charge in [-0.15, -0.1) is 0 Å². The van der Waals surface area contributed by atoms with Gasteiger partial charge in [-0.2, -0.15) is 0 Å². The molecule has 1 saturated carbocycles. The number of carbonyl (C=O) groups is 1. The summed E-state index contributed by atoms with van der Waals surface area (Å²) in [7, 11) is 0. The maximum atomic E-state index is 11.2. The van der Waals surface area contributed by atoms with Gasteiger partial charge in [0.15, 0.2) is 0 Å². The summed E-state index contributed by atoms with van der Waals surface area (Å²) in [6, 6.07) is -0.466. The van der Waals surface area contributed by atoms with Gasteiger partial charge in [0, 0.05) is 12.0 Å². The first-order valence-electron chi connectivity index (χ1n) is 5.24. The molecule has 1 rings (SSSR count). The van der Waals surface area contributed by atoms with Gasteiger partial charge in [0.2, 0.25) is 5.91 Å². The molecule has 0 aromatic rings. The van der Waals surface area contributed by atoms with Crippen molar-refractivity contribution >= 4 is 5.91 Å². The van der Waals surface area contributed by atoms with Crippen molar-refractivity contribution in [2.24, 2.45) is 11.1 Å². The van der Waals surface area contributed by atoms with Crippen molar-refractivity contribution in [3.8, 4) is 0 Å². The molecule has 0 aromatic carbocycles. The van der Waals surface area contributed by atoms with Crippen molar-refractivity contribution < 1.29 is 9.90 Å². The van der Waals surface area contributed by atoms with Crippen LogP contribution in [-0.2, 0) is 4.79 Å². The molecule has 0 aromatic heterocycles. The fraction of sp³-hybridized carbons (Fsp3) is 0.900. The first kappa shape index (κ1) is 11.5. The number of amides is 1. The summed E-state index contributed by atoms with van der Waals surface area (Å²) in [5.41, 5.74) is 5.35. The Morgan fingerprint density at radius 3 is 2.57 bits per heavy atom. The summed E-state index contributed by atoms with van der Waals surface area (Å²) in [5.74, 6) is -0.135. The third kappa shape index (κ3) is 2.69. The molecule has 0 spiro atoms. The molecule has 82 valence electrons. The number of nitrogens with one attached hydrogen (secondary N) is 1. The van der Waals surface area contributed by atoms with Crippen LogP contribution in [0.5, 0.6) is 0 Å². The minimum absolute atomic E-state index is 0.0788. The Labute approximate surface area is 84.9 Å². The van der Waals surface area contributed by atoms with E-state index < -0.39 is 6.04 Å². The van der Waals surface area contributed by atoms with Crippen LogP contribution < -0.4 is 11.1 Å². The Bertz CT molecular complexity index is 198. The van der Waals surface area contributed by atoms with Gasteiger partial charge in [-0.25, -0.2) is 0 Å². The van der Waals surface area contributed by atoms with Gasteiger partial charge in [-0.3, -0.25) is 4.79 Å². The van der Waals surface area contributed by atoms with E-state index in [1.54, 1.807) is 6.92 Å². The largest absolute Gasteiger partial charge is 0.396 e.